The summed E-state index contributed by atoms with van der Waals surface area (Å²) in [5.41, 5.74) is 0.969. The Hall–Kier alpha value is -0.950. The minimum atomic E-state index is -0.118. The number of hydrogen-bond acceptors (Lipinski definition) is 4. The Morgan fingerprint density at radius 1 is 1.29 bits per heavy atom. The van der Waals surface area contributed by atoms with Crippen molar-refractivity contribution in [1.82, 2.24) is 9.88 Å². The van der Waals surface area contributed by atoms with E-state index in [2.05, 4.69) is 10.3 Å². The lowest BCUT2D eigenvalue weighted by Gasteiger charge is -2.34. The number of benzene rings is 1. The van der Waals surface area contributed by atoms with E-state index in [4.69, 9.17) is 23.2 Å². The van der Waals surface area contributed by atoms with Gasteiger partial charge in [0.05, 0.1) is 10.0 Å². The summed E-state index contributed by atoms with van der Waals surface area (Å²) in [4.78, 5) is 18.8. The molecule has 2 amide bonds. The van der Waals surface area contributed by atoms with Crippen LogP contribution in [0.4, 0.5) is 9.93 Å². The zero-order chi connectivity index (χ0) is 16.9. The molecule has 24 heavy (non-hydrogen) atoms. The molecule has 2 aromatic rings. The molecule has 1 aliphatic rings. The van der Waals surface area contributed by atoms with Gasteiger partial charge < -0.3 is 4.90 Å². The molecule has 1 aliphatic heterocycles. The van der Waals surface area contributed by atoms with E-state index in [0.29, 0.717) is 21.7 Å². The van der Waals surface area contributed by atoms with Crippen molar-refractivity contribution < 1.29 is 4.79 Å². The Labute approximate surface area is 159 Å². The molecular formula is C16H17Cl2N3OS2. The molecule has 1 saturated heterocycles. The largest absolute Gasteiger partial charge is 0.324 e. The number of thioether (sulfide) groups is 1. The predicted octanol–water partition coefficient (Wildman–Crippen LogP) is 5.38. The summed E-state index contributed by atoms with van der Waals surface area (Å²) in [5.74, 6) is 2.15. The van der Waals surface area contributed by atoms with Gasteiger partial charge in [0.15, 0.2) is 5.13 Å². The number of nitrogens with one attached hydrogen (secondary N) is 1. The Kier molecular flexibility index (Phi) is 6.27. The molecule has 3 rings (SSSR count). The summed E-state index contributed by atoms with van der Waals surface area (Å²) < 4.78 is 0. The number of amides is 2. The third kappa shape index (κ3) is 4.57. The van der Waals surface area contributed by atoms with E-state index >= 15 is 0 Å². The third-order valence-corrected chi connectivity index (χ3v) is 6.35. The zero-order valence-electron chi connectivity index (χ0n) is 12.9. The highest BCUT2D eigenvalue weighted by Gasteiger charge is 2.26. The minimum Gasteiger partial charge on any atom is -0.317 e. The smallest absolute Gasteiger partial charge is 0.317 e. The summed E-state index contributed by atoms with van der Waals surface area (Å²) in [7, 11) is 0. The van der Waals surface area contributed by atoms with Crippen LogP contribution in [0.15, 0.2) is 29.8 Å². The number of nitrogens with zero attached hydrogens (tertiary/aromatic N) is 2. The molecule has 0 radical (unpaired) electrons. The highest BCUT2D eigenvalue weighted by Crippen LogP contribution is 2.27. The van der Waals surface area contributed by atoms with Crippen LogP contribution in [0.3, 0.4) is 0 Å². The van der Waals surface area contributed by atoms with E-state index in [1.807, 2.05) is 34.2 Å². The van der Waals surface area contributed by atoms with Crippen LogP contribution in [0.5, 0.6) is 0 Å². The Morgan fingerprint density at radius 2 is 2.08 bits per heavy atom. The van der Waals surface area contributed by atoms with Gasteiger partial charge in [-0.1, -0.05) is 29.3 Å². The number of hydrogen-bond donors (Lipinski definition) is 1. The lowest BCUT2D eigenvalue weighted by molar-refractivity contribution is 0.179. The Balaban J connectivity index is 1.77. The summed E-state index contributed by atoms with van der Waals surface area (Å²) in [5, 5.41) is 6.38. The van der Waals surface area contributed by atoms with Gasteiger partial charge in [0, 0.05) is 24.2 Å². The monoisotopic (exact) mass is 401 g/mol. The van der Waals surface area contributed by atoms with Gasteiger partial charge in [-0.25, -0.2) is 9.78 Å². The number of carbonyl (C=O) groups is 1. The average molecular weight is 402 g/mol. The van der Waals surface area contributed by atoms with E-state index in [-0.39, 0.29) is 12.1 Å². The number of anilines is 1. The molecule has 1 aromatic heterocycles. The molecule has 0 aliphatic carbocycles. The maximum atomic E-state index is 12.8. The highest BCUT2D eigenvalue weighted by atomic mass is 35.5. The molecule has 1 aromatic carbocycles. The molecular weight excluding hydrogens is 385 g/mol. The molecule has 0 saturated carbocycles. The van der Waals surface area contributed by atoms with Crippen molar-refractivity contribution in [2.24, 2.45) is 0 Å². The van der Waals surface area contributed by atoms with Gasteiger partial charge in [0.1, 0.15) is 0 Å². The highest BCUT2D eigenvalue weighted by molar-refractivity contribution is 7.99. The number of halogens is 2. The molecule has 0 bridgehead atoms. The maximum Gasteiger partial charge on any atom is 0.324 e. The summed E-state index contributed by atoms with van der Waals surface area (Å²) in [6.45, 7) is 0.503. The van der Waals surface area contributed by atoms with Crippen LogP contribution < -0.4 is 5.32 Å². The van der Waals surface area contributed by atoms with Crippen LogP contribution in [0.1, 0.15) is 18.4 Å². The SMILES string of the molecule is O=C(Nc1nccs1)N(Cc1ccc(Cl)c(Cl)c1)C1CCSCC1. The predicted molar refractivity (Wildman–Crippen MR) is 103 cm³/mol. The fraction of sp³-hybridized carbons (Fsp3) is 0.375. The number of carbonyl (C=O) groups excluding carboxylic acids is 1. The summed E-state index contributed by atoms with van der Waals surface area (Å²) in [6.07, 6.45) is 3.68. The third-order valence-electron chi connectivity index (χ3n) is 3.88. The van der Waals surface area contributed by atoms with E-state index < -0.39 is 0 Å². The maximum absolute atomic E-state index is 12.8. The molecule has 0 atom stereocenters. The van der Waals surface area contributed by atoms with Crippen molar-refractivity contribution in [3.63, 3.8) is 0 Å². The minimum absolute atomic E-state index is 0.118. The van der Waals surface area contributed by atoms with E-state index in [9.17, 15) is 4.79 Å². The summed E-state index contributed by atoms with van der Waals surface area (Å²) in [6, 6.07) is 5.61. The number of thiazole rings is 1. The second-order valence-electron chi connectivity index (χ2n) is 5.49. The second kappa shape index (κ2) is 8.43. The van der Waals surface area contributed by atoms with Gasteiger partial charge in [-0.05, 0) is 42.0 Å². The van der Waals surface area contributed by atoms with Crippen LogP contribution in [0.2, 0.25) is 10.0 Å². The van der Waals surface area contributed by atoms with Crippen LogP contribution in [0.25, 0.3) is 0 Å². The van der Waals surface area contributed by atoms with E-state index in [1.54, 1.807) is 12.3 Å². The fourth-order valence-electron chi connectivity index (χ4n) is 2.65. The van der Waals surface area contributed by atoms with Gasteiger partial charge in [0.2, 0.25) is 0 Å². The molecule has 2 heterocycles. The van der Waals surface area contributed by atoms with Crippen molar-refractivity contribution in [3.05, 3.63) is 45.4 Å². The molecule has 0 spiro atoms. The number of urea groups is 1. The zero-order valence-corrected chi connectivity index (χ0v) is 16.0. The van der Waals surface area contributed by atoms with Crippen molar-refractivity contribution >= 4 is 57.5 Å². The van der Waals surface area contributed by atoms with Gasteiger partial charge >= 0.3 is 6.03 Å². The lowest BCUT2D eigenvalue weighted by atomic mass is 10.1. The van der Waals surface area contributed by atoms with Crippen LogP contribution >= 0.6 is 46.3 Å². The lowest BCUT2D eigenvalue weighted by Crippen LogP contribution is -2.44. The van der Waals surface area contributed by atoms with Crippen LogP contribution in [-0.2, 0) is 6.54 Å². The van der Waals surface area contributed by atoms with Crippen molar-refractivity contribution in [2.75, 3.05) is 16.8 Å². The van der Waals surface area contributed by atoms with Crippen molar-refractivity contribution in [2.45, 2.75) is 25.4 Å². The molecule has 1 fully saturated rings. The quantitative estimate of drug-likeness (QED) is 0.747. The molecule has 1 N–H and O–H groups in total. The number of aromatic nitrogens is 1. The normalized spacial score (nSPS) is 15.2. The van der Waals surface area contributed by atoms with Gasteiger partial charge in [-0.15, -0.1) is 11.3 Å². The molecule has 0 unspecified atom stereocenters. The van der Waals surface area contributed by atoms with Crippen LogP contribution in [-0.4, -0.2) is 33.5 Å². The first-order chi connectivity index (χ1) is 11.6. The standard InChI is InChI=1S/C16H17Cl2N3OS2/c17-13-2-1-11(9-14(13)18)10-21(12-3-6-23-7-4-12)16(22)20-15-19-5-8-24-15/h1-2,5,8-9,12H,3-4,6-7,10H2,(H,19,20,22). The molecule has 128 valence electrons. The summed E-state index contributed by atoms with van der Waals surface area (Å²) >= 11 is 15.5. The first-order valence-electron chi connectivity index (χ1n) is 7.62. The van der Waals surface area contributed by atoms with E-state index in [1.165, 1.54) is 11.3 Å². The Bertz CT molecular complexity index is 691. The van der Waals surface area contributed by atoms with Gasteiger partial charge in [-0.3, -0.25) is 5.32 Å². The van der Waals surface area contributed by atoms with E-state index in [0.717, 1.165) is 29.9 Å². The molecule has 8 heteroatoms. The topological polar surface area (TPSA) is 45.2 Å². The van der Waals surface area contributed by atoms with Gasteiger partial charge in [0.25, 0.3) is 0 Å². The second-order valence-corrected chi connectivity index (χ2v) is 8.42. The molecule has 4 nitrogen and oxygen atoms in total. The first kappa shape index (κ1) is 17.9. The van der Waals surface area contributed by atoms with Crippen LogP contribution in [0, 0.1) is 0 Å². The fourth-order valence-corrected chi connectivity index (χ4v) is 4.57. The first-order valence-corrected chi connectivity index (χ1v) is 10.4. The van der Waals surface area contributed by atoms with Gasteiger partial charge in [-0.2, -0.15) is 11.8 Å². The Morgan fingerprint density at radius 3 is 2.75 bits per heavy atom. The average Bonchev–Trinajstić information content (AvgIpc) is 3.09. The van der Waals surface area contributed by atoms with Crippen molar-refractivity contribution in [1.29, 1.82) is 0 Å². The number of rotatable bonds is 4. The van der Waals surface area contributed by atoms with Crippen molar-refractivity contribution in [3.8, 4) is 0 Å².